The lowest BCUT2D eigenvalue weighted by Crippen LogP contribution is -2.02. The number of hydrogen-bond acceptors (Lipinski definition) is 2. The fraction of sp³-hybridized carbons (Fsp3) is 0.133. The number of carbonyl (C=O) groups excluding carboxylic acids is 1. The van der Waals surface area contributed by atoms with Crippen molar-refractivity contribution < 1.29 is 13.6 Å². The molecule has 0 aliphatic rings. The molecule has 0 atom stereocenters. The van der Waals surface area contributed by atoms with Gasteiger partial charge in [-0.3, -0.25) is 4.79 Å². The monoisotopic (exact) mass is 261 g/mol. The average Bonchev–Trinajstić information content (AvgIpc) is 2.37. The van der Waals surface area contributed by atoms with Gasteiger partial charge in [0.2, 0.25) is 0 Å². The Hall–Kier alpha value is -2.23. The fourth-order valence-corrected chi connectivity index (χ4v) is 1.70. The van der Waals surface area contributed by atoms with Gasteiger partial charge in [0, 0.05) is 17.8 Å². The Morgan fingerprint density at radius 1 is 1.05 bits per heavy atom. The first-order chi connectivity index (χ1) is 9.04. The van der Waals surface area contributed by atoms with Crippen molar-refractivity contribution in [2.24, 2.45) is 0 Å². The van der Waals surface area contributed by atoms with Crippen LogP contribution in [-0.4, -0.2) is 5.78 Å². The van der Waals surface area contributed by atoms with Crippen molar-refractivity contribution in [1.82, 2.24) is 0 Å². The van der Waals surface area contributed by atoms with E-state index in [2.05, 4.69) is 5.32 Å². The lowest BCUT2D eigenvalue weighted by molar-refractivity contribution is 0.101. The summed E-state index contributed by atoms with van der Waals surface area (Å²) in [5.41, 5.74) is 1.71. The van der Waals surface area contributed by atoms with E-state index in [9.17, 15) is 13.6 Å². The highest BCUT2D eigenvalue weighted by Gasteiger charge is 2.04. The minimum absolute atomic E-state index is 0.190. The number of rotatable bonds is 4. The average molecular weight is 261 g/mol. The van der Waals surface area contributed by atoms with E-state index in [0.717, 1.165) is 5.56 Å². The first-order valence-corrected chi connectivity index (χ1v) is 5.84. The highest BCUT2D eigenvalue weighted by molar-refractivity contribution is 5.94. The SMILES string of the molecule is CC(=O)c1cc(F)cc(NCc2ccc(F)cc2)c1. The summed E-state index contributed by atoms with van der Waals surface area (Å²) in [5, 5.41) is 3.00. The van der Waals surface area contributed by atoms with Gasteiger partial charge in [0.15, 0.2) is 5.78 Å². The molecule has 0 amide bonds. The minimum atomic E-state index is -0.464. The van der Waals surface area contributed by atoms with Gasteiger partial charge in [-0.05, 0) is 42.8 Å². The van der Waals surface area contributed by atoms with Crippen LogP contribution in [0, 0.1) is 11.6 Å². The first-order valence-electron chi connectivity index (χ1n) is 5.84. The topological polar surface area (TPSA) is 29.1 Å². The standard InChI is InChI=1S/C15H13F2NO/c1-10(19)12-6-14(17)8-15(7-12)18-9-11-2-4-13(16)5-3-11/h2-8,18H,9H2,1H3. The summed E-state index contributed by atoms with van der Waals surface area (Å²) in [6.07, 6.45) is 0. The van der Waals surface area contributed by atoms with Crippen molar-refractivity contribution in [3.05, 3.63) is 65.2 Å². The molecular weight excluding hydrogens is 248 g/mol. The molecule has 0 saturated heterocycles. The maximum absolute atomic E-state index is 13.3. The van der Waals surface area contributed by atoms with Gasteiger partial charge in [-0.25, -0.2) is 8.78 Å². The lowest BCUT2D eigenvalue weighted by Gasteiger charge is -2.08. The number of Topliss-reactive ketones (excluding diaryl/α,β-unsaturated/α-hetero) is 1. The summed E-state index contributed by atoms with van der Waals surface area (Å²) in [5.74, 6) is -0.952. The van der Waals surface area contributed by atoms with Gasteiger partial charge in [-0.1, -0.05) is 12.1 Å². The molecule has 0 unspecified atom stereocenters. The predicted octanol–water partition coefficient (Wildman–Crippen LogP) is 3.78. The van der Waals surface area contributed by atoms with Gasteiger partial charge in [-0.2, -0.15) is 0 Å². The van der Waals surface area contributed by atoms with Crippen LogP contribution in [0.2, 0.25) is 0 Å². The summed E-state index contributed by atoms with van der Waals surface area (Å²) in [7, 11) is 0. The molecule has 0 radical (unpaired) electrons. The van der Waals surface area contributed by atoms with Crippen LogP contribution in [0.4, 0.5) is 14.5 Å². The highest BCUT2D eigenvalue weighted by atomic mass is 19.1. The maximum Gasteiger partial charge on any atom is 0.159 e. The van der Waals surface area contributed by atoms with Gasteiger partial charge in [-0.15, -0.1) is 0 Å². The second-order valence-electron chi connectivity index (χ2n) is 4.26. The van der Waals surface area contributed by atoms with E-state index in [-0.39, 0.29) is 11.6 Å². The van der Waals surface area contributed by atoms with Crippen LogP contribution in [0.3, 0.4) is 0 Å². The molecule has 19 heavy (non-hydrogen) atoms. The maximum atomic E-state index is 13.3. The zero-order valence-corrected chi connectivity index (χ0v) is 10.4. The molecule has 0 aromatic heterocycles. The number of carbonyl (C=O) groups is 1. The highest BCUT2D eigenvalue weighted by Crippen LogP contribution is 2.16. The third-order valence-electron chi connectivity index (χ3n) is 2.71. The Morgan fingerprint density at radius 3 is 2.37 bits per heavy atom. The van der Waals surface area contributed by atoms with E-state index < -0.39 is 5.82 Å². The second kappa shape index (κ2) is 5.61. The lowest BCUT2D eigenvalue weighted by atomic mass is 10.1. The van der Waals surface area contributed by atoms with Crippen LogP contribution < -0.4 is 5.32 Å². The molecule has 0 spiro atoms. The molecule has 1 N–H and O–H groups in total. The molecule has 2 aromatic rings. The quantitative estimate of drug-likeness (QED) is 0.848. The number of anilines is 1. The third kappa shape index (κ3) is 3.61. The van der Waals surface area contributed by atoms with E-state index in [4.69, 9.17) is 0 Å². The molecule has 0 aliphatic heterocycles. The molecule has 0 heterocycles. The van der Waals surface area contributed by atoms with Crippen LogP contribution in [0.25, 0.3) is 0 Å². The van der Waals surface area contributed by atoms with Gasteiger partial charge >= 0.3 is 0 Å². The Bertz CT molecular complexity index is 594. The van der Waals surface area contributed by atoms with E-state index >= 15 is 0 Å². The van der Waals surface area contributed by atoms with Gasteiger partial charge in [0.1, 0.15) is 11.6 Å². The number of benzene rings is 2. The third-order valence-corrected chi connectivity index (χ3v) is 2.71. The Balaban J connectivity index is 2.11. The first kappa shape index (κ1) is 13.2. The number of hydrogen-bond donors (Lipinski definition) is 1. The Labute approximate surface area is 110 Å². The summed E-state index contributed by atoms with van der Waals surface area (Å²) in [6.45, 7) is 1.82. The number of halogens is 2. The van der Waals surface area contributed by atoms with Crippen LogP contribution in [-0.2, 0) is 6.54 Å². The number of ketones is 1. The molecule has 0 saturated carbocycles. The largest absolute Gasteiger partial charge is 0.381 e. The van der Waals surface area contributed by atoms with Crippen LogP contribution in [0.15, 0.2) is 42.5 Å². The Kier molecular flexibility index (Phi) is 3.90. The summed E-state index contributed by atoms with van der Waals surface area (Å²) in [4.78, 5) is 11.2. The van der Waals surface area contributed by atoms with Crippen molar-refractivity contribution in [2.75, 3.05) is 5.32 Å². The van der Waals surface area contributed by atoms with Gasteiger partial charge < -0.3 is 5.32 Å². The van der Waals surface area contributed by atoms with E-state index in [1.54, 1.807) is 18.2 Å². The van der Waals surface area contributed by atoms with Crippen molar-refractivity contribution in [3.8, 4) is 0 Å². The molecule has 2 rings (SSSR count). The van der Waals surface area contributed by atoms with E-state index in [1.165, 1.54) is 31.2 Å². The van der Waals surface area contributed by atoms with Crippen LogP contribution in [0.1, 0.15) is 22.8 Å². The van der Waals surface area contributed by atoms with Crippen LogP contribution in [0.5, 0.6) is 0 Å². The molecule has 0 aliphatic carbocycles. The molecule has 2 nitrogen and oxygen atoms in total. The molecule has 0 bridgehead atoms. The summed E-state index contributed by atoms with van der Waals surface area (Å²) < 4.78 is 26.1. The van der Waals surface area contributed by atoms with Crippen molar-refractivity contribution in [1.29, 1.82) is 0 Å². The van der Waals surface area contributed by atoms with Gasteiger partial charge in [0.05, 0.1) is 0 Å². The second-order valence-corrected chi connectivity index (χ2v) is 4.26. The molecule has 0 fully saturated rings. The van der Waals surface area contributed by atoms with Crippen molar-refractivity contribution in [3.63, 3.8) is 0 Å². The van der Waals surface area contributed by atoms with Crippen molar-refractivity contribution >= 4 is 11.5 Å². The number of nitrogens with one attached hydrogen (secondary N) is 1. The van der Waals surface area contributed by atoms with Crippen LogP contribution >= 0.6 is 0 Å². The summed E-state index contributed by atoms with van der Waals surface area (Å²) >= 11 is 0. The zero-order valence-electron chi connectivity index (χ0n) is 10.4. The Morgan fingerprint density at radius 2 is 1.74 bits per heavy atom. The smallest absolute Gasteiger partial charge is 0.159 e. The zero-order chi connectivity index (χ0) is 13.8. The minimum Gasteiger partial charge on any atom is -0.381 e. The fourth-order valence-electron chi connectivity index (χ4n) is 1.70. The molecule has 98 valence electrons. The van der Waals surface area contributed by atoms with E-state index in [1.807, 2.05) is 0 Å². The normalized spacial score (nSPS) is 10.3. The van der Waals surface area contributed by atoms with Gasteiger partial charge in [0.25, 0.3) is 0 Å². The summed E-state index contributed by atoms with van der Waals surface area (Å²) in [6, 6.07) is 10.1. The predicted molar refractivity (Wildman–Crippen MR) is 70.1 cm³/mol. The molecule has 4 heteroatoms. The van der Waals surface area contributed by atoms with E-state index in [0.29, 0.717) is 17.8 Å². The molecular formula is C15H13F2NO. The molecule has 2 aromatic carbocycles. The van der Waals surface area contributed by atoms with Crippen molar-refractivity contribution in [2.45, 2.75) is 13.5 Å².